The molecule has 0 aliphatic heterocycles. The summed E-state index contributed by atoms with van der Waals surface area (Å²) in [7, 11) is 0. The summed E-state index contributed by atoms with van der Waals surface area (Å²) in [5, 5.41) is 8.02. The zero-order chi connectivity index (χ0) is 6.41. The molecule has 0 radical (unpaired) electrons. The standard InChI is InChI=1S/C6H8O2.ClH.H2O/c1-2-3-4-5-6(7)8;;/h2-5H,1H3,(H,7,8);1H;1H2/b3-2+,5-4+;;. The van der Waals surface area contributed by atoms with E-state index in [-0.39, 0.29) is 17.9 Å². The molecular formula is C6H11ClO3. The average molecular weight is 167 g/mol. The van der Waals surface area contributed by atoms with Gasteiger partial charge in [0, 0.05) is 6.08 Å². The van der Waals surface area contributed by atoms with E-state index in [1.54, 1.807) is 12.2 Å². The summed E-state index contributed by atoms with van der Waals surface area (Å²) in [5.74, 6) is -0.914. The normalized spacial score (nSPS) is 8.90. The molecule has 0 aliphatic carbocycles. The van der Waals surface area contributed by atoms with Crippen LogP contribution in [0.15, 0.2) is 24.3 Å². The van der Waals surface area contributed by atoms with Gasteiger partial charge in [0.05, 0.1) is 0 Å². The molecule has 3 nitrogen and oxygen atoms in total. The highest BCUT2D eigenvalue weighted by Gasteiger charge is 1.78. The van der Waals surface area contributed by atoms with E-state index in [4.69, 9.17) is 5.11 Å². The van der Waals surface area contributed by atoms with Crippen LogP contribution in [-0.4, -0.2) is 16.6 Å². The lowest BCUT2D eigenvalue weighted by Gasteiger charge is -1.72. The van der Waals surface area contributed by atoms with Gasteiger partial charge < -0.3 is 10.6 Å². The Bertz CT molecular complexity index is 129. The maximum absolute atomic E-state index is 9.75. The number of aliphatic carboxylic acids is 1. The molecular weight excluding hydrogens is 156 g/mol. The zero-order valence-electron chi connectivity index (χ0n) is 5.57. The van der Waals surface area contributed by atoms with Crippen molar-refractivity contribution in [1.82, 2.24) is 0 Å². The van der Waals surface area contributed by atoms with Crippen LogP contribution in [0.25, 0.3) is 0 Å². The van der Waals surface area contributed by atoms with Crippen LogP contribution in [0.2, 0.25) is 0 Å². The van der Waals surface area contributed by atoms with Crippen LogP contribution < -0.4 is 0 Å². The fourth-order valence-electron chi connectivity index (χ4n) is 0.249. The summed E-state index contributed by atoms with van der Waals surface area (Å²) < 4.78 is 0. The predicted molar refractivity (Wildman–Crippen MR) is 42.5 cm³/mol. The molecule has 0 rings (SSSR count). The lowest BCUT2D eigenvalue weighted by molar-refractivity contribution is -0.131. The van der Waals surface area contributed by atoms with Gasteiger partial charge in [0.15, 0.2) is 0 Å². The molecule has 0 amide bonds. The smallest absolute Gasteiger partial charge is 0.328 e. The van der Waals surface area contributed by atoms with E-state index in [1.807, 2.05) is 6.92 Å². The summed E-state index contributed by atoms with van der Waals surface area (Å²) in [6, 6.07) is 0. The minimum Gasteiger partial charge on any atom is -0.478 e. The molecule has 0 aromatic carbocycles. The quantitative estimate of drug-likeness (QED) is 0.487. The fourth-order valence-corrected chi connectivity index (χ4v) is 0.249. The highest BCUT2D eigenvalue weighted by molar-refractivity contribution is 5.85. The Balaban J connectivity index is -0.000000245. The molecule has 0 bridgehead atoms. The Morgan fingerprint density at radius 3 is 2.20 bits per heavy atom. The van der Waals surface area contributed by atoms with Crippen LogP contribution in [-0.2, 0) is 4.79 Å². The highest BCUT2D eigenvalue weighted by Crippen LogP contribution is 1.74. The topological polar surface area (TPSA) is 68.8 Å². The van der Waals surface area contributed by atoms with Crippen molar-refractivity contribution in [2.75, 3.05) is 0 Å². The first kappa shape index (κ1) is 16.1. The van der Waals surface area contributed by atoms with Crippen molar-refractivity contribution in [1.29, 1.82) is 0 Å². The number of hydrogen-bond donors (Lipinski definition) is 1. The first-order valence-electron chi connectivity index (χ1n) is 2.29. The van der Waals surface area contributed by atoms with Crippen LogP contribution in [0.4, 0.5) is 0 Å². The number of allylic oxidation sites excluding steroid dienone is 3. The number of hydrogen-bond acceptors (Lipinski definition) is 1. The molecule has 0 saturated carbocycles. The first-order valence-corrected chi connectivity index (χ1v) is 2.29. The molecule has 60 valence electrons. The lowest BCUT2D eigenvalue weighted by Crippen LogP contribution is -1.83. The Labute approximate surface area is 65.8 Å². The van der Waals surface area contributed by atoms with Gasteiger partial charge in [-0.05, 0) is 6.92 Å². The summed E-state index contributed by atoms with van der Waals surface area (Å²) in [6.07, 6.45) is 5.98. The molecule has 0 unspecified atom stereocenters. The van der Waals surface area contributed by atoms with E-state index >= 15 is 0 Å². The Morgan fingerprint density at radius 1 is 1.40 bits per heavy atom. The lowest BCUT2D eigenvalue weighted by atomic mass is 10.4. The van der Waals surface area contributed by atoms with Crippen LogP contribution in [0.3, 0.4) is 0 Å². The minimum absolute atomic E-state index is 0. The van der Waals surface area contributed by atoms with E-state index in [2.05, 4.69) is 0 Å². The van der Waals surface area contributed by atoms with Gasteiger partial charge in [-0.3, -0.25) is 0 Å². The van der Waals surface area contributed by atoms with Gasteiger partial charge in [0.1, 0.15) is 0 Å². The van der Waals surface area contributed by atoms with E-state index in [0.717, 1.165) is 6.08 Å². The van der Waals surface area contributed by atoms with Gasteiger partial charge in [0.2, 0.25) is 0 Å². The van der Waals surface area contributed by atoms with Crippen molar-refractivity contribution < 1.29 is 15.4 Å². The van der Waals surface area contributed by atoms with Gasteiger partial charge in [-0.25, -0.2) is 4.79 Å². The molecule has 0 aromatic heterocycles. The molecule has 0 atom stereocenters. The maximum atomic E-state index is 9.75. The van der Waals surface area contributed by atoms with E-state index in [1.165, 1.54) is 6.08 Å². The molecule has 0 fully saturated rings. The third kappa shape index (κ3) is 15.7. The van der Waals surface area contributed by atoms with E-state index in [0.29, 0.717) is 0 Å². The summed E-state index contributed by atoms with van der Waals surface area (Å²) >= 11 is 0. The van der Waals surface area contributed by atoms with Gasteiger partial charge in [-0.15, -0.1) is 12.4 Å². The maximum Gasteiger partial charge on any atom is 0.328 e. The van der Waals surface area contributed by atoms with E-state index < -0.39 is 5.97 Å². The largest absolute Gasteiger partial charge is 0.478 e. The number of halogens is 1. The molecule has 3 N–H and O–H groups in total. The highest BCUT2D eigenvalue weighted by atomic mass is 35.5. The number of carboxylic acids is 1. The number of carbonyl (C=O) groups is 1. The van der Waals surface area contributed by atoms with Crippen LogP contribution >= 0.6 is 12.4 Å². The fraction of sp³-hybridized carbons (Fsp3) is 0.167. The summed E-state index contributed by atoms with van der Waals surface area (Å²) in [6.45, 7) is 1.83. The van der Waals surface area contributed by atoms with Crippen LogP contribution in [0.1, 0.15) is 6.92 Å². The van der Waals surface area contributed by atoms with Gasteiger partial charge in [0.25, 0.3) is 0 Å². The van der Waals surface area contributed by atoms with Crippen molar-refractivity contribution in [3.63, 3.8) is 0 Å². The Kier molecular flexibility index (Phi) is 17.8. The van der Waals surface area contributed by atoms with Crippen LogP contribution in [0, 0.1) is 0 Å². The molecule has 0 aromatic rings. The SMILES string of the molecule is C/C=C/C=C/C(=O)O.Cl.O. The number of carboxylic acid groups (broad SMARTS) is 1. The number of rotatable bonds is 2. The van der Waals surface area contributed by atoms with Crippen molar-refractivity contribution in [2.24, 2.45) is 0 Å². The summed E-state index contributed by atoms with van der Waals surface area (Å²) in [5.41, 5.74) is 0. The average Bonchev–Trinajstić information content (AvgIpc) is 1.66. The Hall–Kier alpha value is -0.800. The van der Waals surface area contributed by atoms with Gasteiger partial charge in [-0.2, -0.15) is 0 Å². The van der Waals surface area contributed by atoms with Gasteiger partial charge >= 0.3 is 5.97 Å². The monoisotopic (exact) mass is 166 g/mol. The second-order valence-corrected chi connectivity index (χ2v) is 1.22. The minimum atomic E-state index is -0.914. The second kappa shape index (κ2) is 11.1. The predicted octanol–water partition coefficient (Wildman–Crippen LogP) is 0.800. The second-order valence-electron chi connectivity index (χ2n) is 1.22. The molecule has 4 heteroatoms. The van der Waals surface area contributed by atoms with Crippen LogP contribution in [0.5, 0.6) is 0 Å². The van der Waals surface area contributed by atoms with Gasteiger partial charge in [-0.1, -0.05) is 18.2 Å². The van der Waals surface area contributed by atoms with Crippen molar-refractivity contribution in [2.45, 2.75) is 6.92 Å². The van der Waals surface area contributed by atoms with E-state index in [9.17, 15) is 4.79 Å². The van der Waals surface area contributed by atoms with Crippen molar-refractivity contribution >= 4 is 18.4 Å². The summed E-state index contributed by atoms with van der Waals surface area (Å²) in [4.78, 5) is 9.75. The molecule has 0 saturated heterocycles. The third-order valence-corrected chi connectivity index (χ3v) is 0.542. The molecule has 0 aliphatic rings. The third-order valence-electron chi connectivity index (χ3n) is 0.542. The first-order chi connectivity index (χ1) is 3.77. The van der Waals surface area contributed by atoms with Crippen molar-refractivity contribution in [3.05, 3.63) is 24.3 Å². The zero-order valence-corrected chi connectivity index (χ0v) is 6.39. The van der Waals surface area contributed by atoms with Crippen molar-refractivity contribution in [3.8, 4) is 0 Å². The Morgan fingerprint density at radius 2 is 1.90 bits per heavy atom. The molecule has 0 spiro atoms. The molecule has 0 heterocycles. The molecule has 10 heavy (non-hydrogen) atoms.